The lowest BCUT2D eigenvalue weighted by atomic mass is 9.46. The van der Waals surface area contributed by atoms with Crippen molar-refractivity contribution >= 4 is 0 Å². The second kappa shape index (κ2) is 3.44. The third kappa shape index (κ3) is 1.38. The summed E-state index contributed by atoms with van der Waals surface area (Å²) < 4.78 is 5.90. The molecule has 92 valence electrons. The normalized spacial score (nSPS) is 45.9. The van der Waals surface area contributed by atoms with E-state index in [1.54, 1.807) is 0 Å². The Morgan fingerprint density at radius 1 is 1.31 bits per heavy atom. The molecule has 2 aliphatic carbocycles. The van der Waals surface area contributed by atoms with Gasteiger partial charge in [0.15, 0.2) is 0 Å². The predicted octanol–water partition coefficient (Wildman–Crippen LogP) is 1.27. The predicted molar refractivity (Wildman–Crippen MR) is 64.2 cm³/mol. The Labute approximate surface area is 98.1 Å². The lowest BCUT2D eigenvalue weighted by Gasteiger charge is -2.66. The van der Waals surface area contributed by atoms with E-state index >= 15 is 0 Å². The average Bonchev–Trinajstić information content (AvgIpc) is 3.09. The Hall–Kier alpha value is -0.120. The zero-order valence-corrected chi connectivity index (χ0v) is 10.5. The minimum atomic E-state index is -0.0549. The van der Waals surface area contributed by atoms with Crippen LogP contribution in [0.1, 0.15) is 39.5 Å². The number of nitrogens with one attached hydrogen (secondary N) is 1. The summed E-state index contributed by atoms with van der Waals surface area (Å²) in [6.07, 6.45) is 5.49. The molecule has 3 N–H and O–H groups in total. The van der Waals surface area contributed by atoms with Gasteiger partial charge in [0.25, 0.3) is 0 Å². The molecule has 3 atom stereocenters. The molecule has 1 aliphatic heterocycles. The van der Waals surface area contributed by atoms with Gasteiger partial charge in [0.2, 0.25) is 0 Å². The van der Waals surface area contributed by atoms with Crippen LogP contribution in [0.5, 0.6) is 0 Å². The van der Waals surface area contributed by atoms with Crippen molar-refractivity contribution in [3.8, 4) is 0 Å². The standard InChI is InChI=1S/C13H24N2O/c1-12(2)11-10(4-3-7-16-11)13(12,14)8-15-9-5-6-9/h9-11,15H,3-8,14H2,1-2H3. The van der Waals surface area contributed by atoms with Gasteiger partial charge >= 0.3 is 0 Å². The first-order valence-electron chi connectivity index (χ1n) is 6.69. The van der Waals surface area contributed by atoms with Gasteiger partial charge in [-0.1, -0.05) is 13.8 Å². The molecule has 16 heavy (non-hydrogen) atoms. The molecule has 3 unspecified atom stereocenters. The molecule has 0 aromatic rings. The third-order valence-electron chi connectivity index (χ3n) is 5.16. The monoisotopic (exact) mass is 224 g/mol. The number of hydrogen-bond donors (Lipinski definition) is 2. The number of rotatable bonds is 3. The molecule has 3 rings (SSSR count). The maximum atomic E-state index is 6.67. The van der Waals surface area contributed by atoms with Crippen LogP contribution in [-0.4, -0.2) is 30.8 Å². The molecule has 2 saturated carbocycles. The lowest BCUT2D eigenvalue weighted by Crippen LogP contribution is -2.80. The van der Waals surface area contributed by atoms with Crippen LogP contribution < -0.4 is 11.1 Å². The molecule has 0 bridgehead atoms. The third-order valence-corrected chi connectivity index (χ3v) is 5.16. The number of hydrogen-bond acceptors (Lipinski definition) is 3. The Kier molecular flexibility index (Phi) is 2.36. The first-order valence-corrected chi connectivity index (χ1v) is 6.69. The number of ether oxygens (including phenoxy) is 1. The fourth-order valence-electron chi connectivity index (χ4n) is 3.63. The SMILES string of the molecule is CC1(C)C2OCCCC2C1(N)CNC1CC1. The molecular formula is C13H24N2O. The highest BCUT2D eigenvalue weighted by atomic mass is 16.5. The van der Waals surface area contributed by atoms with E-state index in [9.17, 15) is 0 Å². The Morgan fingerprint density at radius 3 is 2.75 bits per heavy atom. The second-order valence-corrected chi connectivity index (χ2v) is 6.46. The van der Waals surface area contributed by atoms with E-state index in [0.717, 1.165) is 19.2 Å². The quantitative estimate of drug-likeness (QED) is 0.759. The summed E-state index contributed by atoms with van der Waals surface area (Å²) >= 11 is 0. The summed E-state index contributed by atoms with van der Waals surface area (Å²) in [5.41, 5.74) is 6.74. The van der Waals surface area contributed by atoms with E-state index in [2.05, 4.69) is 19.2 Å². The van der Waals surface area contributed by atoms with Crippen molar-refractivity contribution < 1.29 is 4.74 Å². The summed E-state index contributed by atoms with van der Waals surface area (Å²) in [5, 5.41) is 3.61. The summed E-state index contributed by atoms with van der Waals surface area (Å²) in [4.78, 5) is 0. The highest BCUT2D eigenvalue weighted by Crippen LogP contribution is 2.57. The molecule has 3 fully saturated rings. The molecule has 3 heteroatoms. The Morgan fingerprint density at radius 2 is 2.06 bits per heavy atom. The van der Waals surface area contributed by atoms with Crippen molar-refractivity contribution in [3.05, 3.63) is 0 Å². The van der Waals surface area contributed by atoms with Gasteiger partial charge in [0, 0.05) is 36.1 Å². The summed E-state index contributed by atoms with van der Waals surface area (Å²) in [5.74, 6) is 0.572. The van der Waals surface area contributed by atoms with E-state index in [4.69, 9.17) is 10.5 Å². The van der Waals surface area contributed by atoms with Gasteiger partial charge in [-0.15, -0.1) is 0 Å². The van der Waals surface area contributed by atoms with E-state index < -0.39 is 0 Å². The lowest BCUT2D eigenvalue weighted by molar-refractivity contribution is -0.225. The number of nitrogens with two attached hydrogens (primary N) is 1. The topological polar surface area (TPSA) is 47.3 Å². The van der Waals surface area contributed by atoms with Crippen molar-refractivity contribution in [1.29, 1.82) is 0 Å². The first kappa shape index (κ1) is 11.0. The van der Waals surface area contributed by atoms with Gasteiger partial charge in [-0.25, -0.2) is 0 Å². The van der Waals surface area contributed by atoms with Crippen LogP contribution in [0.25, 0.3) is 0 Å². The first-order chi connectivity index (χ1) is 7.56. The van der Waals surface area contributed by atoms with Crippen LogP contribution in [0.3, 0.4) is 0 Å². The van der Waals surface area contributed by atoms with Gasteiger partial charge in [0.1, 0.15) is 0 Å². The van der Waals surface area contributed by atoms with Crippen molar-refractivity contribution in [1.82, 2.24) is 5.32 Å². The molecular weight excluding hydrogens is 200 g/mol. The van der Waals surface area contributed by atoms with Gasteiger partial charge in [0.05, 0.1) is 6.10 Å². The maximum Gasteiger partial charge on any atom is 0.0690 e. The molecule has 0 radical (unpaired) electrons. The van der Waals surface area contributed by atoms with Crippen LogP contribution in [0, 0.1) is 11.3 Å². The maximum absolute atomic E-state index is 6.67. The van der Waals surface area contributed by atoms with Gasteiger partial charge in [-0.3, -0.25) is 0 Å². The largest absolute Gasteiger partial charge is 0.377 e. The smallest absolute Gasteiger partial charge is 0.0690 e. The summed E-state index contributed by atoms with van der Waals surface area (Å²) in [6.45, 7) is 6.44. The molecule has 3 aliphatic rings. The minimum Gasteiger partial charge on any atom is -0.377 e. The van der Waals surface area contributed by atoms with Gasteiger partial charge in [-0.05, 0) is 25.7 Å². The fraction of sp³-hybridized carbons (Fsp3) is 1.00. The Bertz CT molecular complexity index is 288. The highest BCUT2D eigenvalue weighted by Gasteiger charge is 2.66. The van der Waals surface area contributed by atoms with Gasteiger partial charge in [-0.2, -0.15) is 0 Å². The molecule has 1 heterocycles. The summed E-state index contributed by atoms with van der Waals surface area (Å²) in [7, 11) is 0. The van der Waals surface area contributed by atoms with Crippen molar-refractivity contribution in [3.63, 3.8) is 0 Å². The van der Waals surface area contributed by atoms with E-state index in [1.165, 1.54) is 25.7 Å². The molecule has 0 aromatic carbocycles. The fourth-order valence-corrected chi connectivity index (χ4v) is 3.63. The molecule has 0 amide bonds. The van der Waals surface area contributed by atoms with Crippen molar-refractivity contribution in [2.45, 2.75) is 57.2 Å². The van der Waals surface area contributed by atoms with Gasteiger partial charge < -0.3 is 15.8 Å². The second-order valence-electron chi connectivity index (χ2n) is 6.46. The summed E-state index contributed by atoms with van der Waals surface area (Å²) in [6, 6.07) is 0.750. The van der Waals surface area contributed by atoms with Crippen LogP contribution in [0.2, 0.25) is 0 Å². The van der Waals surface area contributed by atoms with E-state index in [-0.39, 0.29) is 11.0 Å². The highest BCUT2D eigenvalue weighted by molar-refractivity contribution is 5.21. The van der Waals surface area contributed by atoms with Crippen molar-refractivity contribution in [2.75, 3.05) is 13.2 Å². The van der Waals surface area contributed by atoms with Crippen LogP contribution in [-0.2, 0) is 4.74 Å². The van der Waals surface area contributed by atoms with E-state index in [0.29, 0.717) is 12.0 Å². The van der Waals surface area contributed by atoms with Crippen LogP contribution in [0.15, 0.2) is 0 Å². The molecule has 0 aromatic heterocycles. The van der Waals surface area contributed by atoms with Crippen LogP contribution >= 0.6 is 0 Å². The zero-order chi connectivity index (χ0) is 11.4. The molecule has 3 nitrogen and oxygen atoms in total. The molecule has 1 saturated heterocycles. The average molecular weight is 224 g/mol. The van der Waals surface area contributed by atoms with Crippen molar-refractivity contribution in [2.24, 2.45) is 17.1 Å². The Balaban J connectivity index is 1.71. The van der Waals surface area contributed by atoms with Crippen LogP contribution in [0.4, 0.5) is 0 Å². The van der Waals surface area contributed by atoms with E-state index in [1.807, 2.05) is 0 Å². The minimum absolute atomic E-state index is 0.0549. The zero-order valence-electron chi connectivity index (χ0n) is 10.5. The number of fused-ring (bicyclic) bond motifs is 1. The molecule has 0 spiro atoms.